The Morgan fingerprint density at radius 1 is 1.36 bits per heavy atom. The van der Waals surface area contributed by atoms with Crippen LogP contribution in [0.15, 0.2) is 29.8 Å². The molecule has 2 aliphatic rings. The number of thiazole rings is 1. The third kappa shape index (κ3) is 4.76. The predicted molar refractivity (Wildman–Crippen MR) is 131 cm³/mol. The molecule has 1 aliphatic carbocycles. The van der Waals surface area contributed by atoms with Crippen LogP contribution in [0.25, 0.3) is 4.96 Å². The number of anilines is 1. The van der Waals surface area contributed by atoms with Crippen LogP contribution in [0.4, 0.5) is 14.5 Å². The minimum atomic E-state index is -2.64. The number of imidazole rings is 1. The van der Waals surface area contributed by atoms with Crippen LogP contribution in [0, 0.1) is 11.8 Å². The molecular formula is C25H26F2N4O4S. The van der Waals surface area contributed by atoms with Crippen LogP contribution in [0.2, 0.25) is 0 Å². The highest BCUT2D eigenvalue weighted by molar-refractivity contribution is 7.15. The lowest BCUT2D eigenvalue weighted by atomic mass is 9.79. The Morgan fingerprint density at radius 2 is 2.11 bits per heavy atom. The molecule has 36 heavy (non-hydrogen) atoms. The van der Waals surface area contributed by atoms with Gasteiger partial charge >= 0.3 is 0 Å². The summed E-state index contributed by atoms with van der Waals surface area (Å²) in [5.74, 6) is 2.78. The summed E-state index contributed by atoms with van der Waals surface area (Å²) in [6, 6.07) is 4.46. The van der Waals surface area contributed by atoms with Crippen molar-refractivity contribution in [2.24, 2.45) is 0 Å². The molecule has 190 valence electrons. The minimum Gasteiger partial charge on any atom is -0.489 e. The Morgan fingerprint density at radius 3 is 2.81 bits per heavy atom. The second-order valence-electron chi connectivity index (χ2n) is 9.81. The molecule has 0 radical (unpaired) electrons. The molecule has 8 nitrogen and oxygen atoms in total. The van der Waals surface area contributed by atoms with Crippen LogP contribution in [-0.4, -0.2) is 63.0 Å². The first-order valence-electron chi connectivity index (χ1n) is 11.5. The zero-order valence-electron chi connectivity index (χ0n) is 20.0. The molecular weight excluding hydrogens is 490 g/mol. The van der Waals surface area contributed by atoms with Gasteiger partial charge in [-0.05, 0) is 32.0 Å². The molecule has 0 saturated heterocycles. The Labute approximate surface area is 210 Å². The average molecular weight is 517 g/mol. The highest BCUT2D eigenvalue weighted by Gasteiger charge is 2.47. The van der Waals surface area contributed by atoms with E-state index in [9.17, 15) is 23.8 Å². The van der Waals surface area contributed by atoms with Crippen molar-refractivity contribution in [1.29, 1.82) is 0 Å². The number of aliphatic hydroxyl groups is 2. The zero-order valence-corrected chi connectivity index (χ0v) is 20.8. The maximum Gasteiger partial charge on any atom is 0.272 e. The van der Waals surface area contributed by atoms with E-state index < -0.39 is 29.7 Å². The van der Waals surface area contributed by atoms with Crippen LogP contribution in [0.3, 0.4) is 0 Å². The second-order valence-corrected chi connectivity index (χ2v) is 10.6. The molecule has 1 saturated carbocycles. The van der Waals surface area contributed by atoms with Gasteiger partial charge in [-0.1, -0.05) is 11.8 Å². The zero-order chi connectivity index (χ0) is 25.8. The largest absolute Gasteiger partial charge is 0.489 e. The van der Waals surface area contributed by atoms with Crippen LogP contribution in [0.5, 0.6) is 5.75 Å². The molecule has 3 aromatic rings. The summed E-state index contributed by atoms with van der Waals surface area (Å²) in [7, 11) is 1.68. The number of hydrogen-bond acceptors (Lipinski definition) is 7. The van der Waals surface area contributed by atoms with Crippen LogP contribution >= 0.6 is 11.3 Å². The number of alkyl halides is 2. The SMILES string of the molecule is CN1c2cc(C#CC(C)(C)O)ccc2OC[C@H](NC(=O)c2cn3c(C4CC(F)(F)C4)csc3n2)C1O. The summed E-state index contributed by atoms with van der Waals surface area (Å²) in [6.45, 7) is 3.20. The molecule has 1 amide bonds. The molecule has 11 heteroatoms. The van der Waals surface area contributed by atoms with Gasteiger partial charge in [0.15, 0.2) is 11.2 Å². The van der Waals surface area contributed by atoms with Crippen molar-refractivity contribution < 1.29 is 28.5 Å². The summed E-state index contributed by atoms with van der Waals surface area (Å²) in [5, 5.41) is 25.4. The fraction of sp³-hybridized carbons (Fsp3) is 0.440. The van der Waals surface area contributed by atoms with Gasteiger partial charge in [-0.15, -0.1) is 11.3 Å². The number of halogens is 2. The van der Waals surface area contributed by atoms with Crippen molar-refractivity contribution >= 4 is 27.9 Å². The highest BCUT2D eigenvalue weighted by atomic mass is 32.1. The quantitative estimate of drug-likeness (QED) is 0.463. The van der Waals surface area contributed by atoms with Gasteiger partial charge in [-0.2, -0.15) is 0 Å². The number of fused-ring (bicyclic) bond motifs is 2. The Balaban J connectivity index is 1.31. The van der Waals surface area contributed by atoms with E-state index >= 15 is 0 Å². The van der Waals surface area contributed by atoms with E-state index in [0.717, 1.165) is 5.69 Å². The van der Waals surface area contributed by atoms with E-state index in [1.807, 2.05) is 0 Å². The van der Waals surface area contributed by atoms with E-state index in [4.69, 9.17) is 4.74 Å². The maximum absolute atomic E-state index is 13.3. The first kappa shape index (κ1) is 24.5. The fourth-order valence-electron chi connectivity index (χ4n) is 4.33. The third-order valence-electron chi connectivity index (χ3n) is 6.32. The van der Waals surface area contributed by atoms with E-state index in [1.165, 1.54) is 11.3 Å². The standard InChI is InChI=1S/C25H26F2N4O4S/c1-24(2,34)7-6-14-4-5-20-18(8-14)30(3)22(33)17(12-35-20)28-21(32)16-11-31-19(13-36-23(31)29-16)15-9-25(26,27)10-15/h4-5,8,11,13,15,17,22,33-34H,9-10,12H2,1-3H3,(H,28,32)/t17-,22?/m0/s1. The molecule has 1 fully saturated rings. The monoisotopic (exact) mass is 516 g/mol. The lowest BCUT2D eigenvalue weighted by molar-refractivity contribution is -0.0877. The number of rotatable bonds is 3. The average Bonchev–Trinajstić information content (AvgIpc) is 3.35. The Bertz CT molecular complexity index is 1380. The van der Waals surface area contributed by atoms with Gasteiger partial charge in [-0.25, -0.2) is 13.8 Å². The molecule has 5 rings (SSSR count). The van der Waals surface area contributed by atoms with Gasteiger partial charge in [0.05, 0.1) is 5.69 Å². The number of carbonyl (C=O) groups is 1. The van der Waals surface area contributed by atoms with Crippen LogP contribution < -0.4 is 15.0 Å². The summed E-state index contributed by atoms with van der Waals surface area (Å²) in [5.41, 5.74) is 0.944. The van der Waals surface area contributed by atoms with Crippen molar-refractivity contribution in [3.8, 4) is 17.6 Å². The van der Waals surface area contributed by atoms with Crippen molar-refractivity contribution in [3.05, 3.63) is 46.7 Å². The topological polar surface area (TPSA) is 99.3 Å². The van der Waals surface area contributed by atoms with Crippen LogP contribution in [-0.2, 0) is 0 Å². The fourth-order valence-corrected chi connectivity index (χ4v) is 5.28. The number of benzene rings is 1. The smallest absolute Gasteiger partial charge is 0.272 e. The molecule has 0 spiro atoms. The van der Waals surface area contributed by atoms with Crippen molar-refractivity contribution in [1.82, 2.24) is 14.7 Å². The number of ether oxygens (including phenoxy) is 1. The number of hydrogen-bond donors (Lipinski definition) is 3. The summed E-state index contributed by atoms with van der Waals surface area (Å²) < 4.78 is 34.2. The number of likely N-dealkylation sites (N-methyl/N-ethyl adjacent to an activating group) is 1. The Hall–Kier alpha value is -3.20. The number of aromatic nitrogens is 2. The molecule has 2 atom stereocenters. The van der Waals surface area contributed by atoms with Gasteiger partial charge in [-0.3, -0.25) is 9.20 Å². The molecule has 0 bridgehead atoms. The van der Waals surface area contributed by atoms with Crippen molar-refractivity contribution in [2.45, 2.75) is 56.4 Å². The minimum absolute atomic E-state index is 0.0174. The van der Waals surface area contributed by atoms with Gasteiger partial charge < -0.3 is 25.2 Å². The molecule has 3 heterocycles. The maximum atomic E-state index is 13.3. The number of nitrogens with one attached hydrogen (secondary N) is 1. The molecule has 1 unspecified atom stereocenters. The first-order valence-corrected chi connectivity index (χ1v) is 12.4. The van der Waals surface area contributed by atoms with E-state index in [2.05, 4.69) is 22.1 Å². The van der Waals surface area contributed by atoms with Crippen LogP contribution in [0.1, 0.15) is 54.4 Å². The van der Waals surface area contributed by atoms with E-state index in [1.54, 1.807) is 60.0 Å². The lowest BCUT2D eigenvalue weighted by Crippen LogP contribution is -2.52. The van der Waals surface area contributed by atoms with Gasteiger partial charge in [0.25, 0.3) is 5.91 Å². The normalized spacial score (nSPS) is 21.6. The Kier molecular flexibility index (Phi) is 5.94. The number of aliphatic hydroxyl groups excluding tert-OH is 1. The van der Waals surface area contributed by atoms with Gasteiger partial charge in [0.2, 0.25) is 5.92 Å². The van der Waals surface area contributed by atoms with Gasteiger partial charge in [0.1, 0.15) is 29.7 Å². The predicted octanol–water partition coefficient (Wildman–Crippen LogP) is 2.98. The number of amides is 1. The van der Waals surface area contributed by atoms with Crippen molar-refractivity contribution in [3.63, 3.8) is 0 Å². The molecule has 3 N–H and O–H groups in total. The lowest BCUT2D eigenvalue weighted by Gasteiger charge is -2.34. The van der Waals surface area contributed by atoms with E-state index in [-0.39, 0.29) is 31.1 Å². The number of nitrogens with zero attached hydrogens (tertiary/aromatic N) is 3. The van der Waals surface area contributed by atoms with E-state index in [0.29, 0.717) is 22.0 Å². The number of carbonyl (C=O) groups excluding carboxylic acids is 1. The summed E-state index contributed by atoms with van der Waals surface area (Å²) in [4.78, 5) is 19.5. The summed E-state index contributed by atoms with van der Waals surface area (Å²) in [6.07, 6.45) is 0.0249. The third-order valence-corrected chi connectivity index (χ3v) is 7.18. The first-order chi connectivity index (χ1) is 16.9. The molecule has 2 aromatic heterocycles. The second kappa shape index (κ2) is 8.73. The van der Waals surface area contributed by atoms with Gasteiger partial charge in [0, 0.05) is 48.6 Å². The highest BCUT2D eigenvalue weighted by Crippen LogP contribution is 2.49. The van der Waals surface area contributed by atoms with Crippen molar-refractivity contribution in [2.75, 3.05) is 18.6 Å². The summed E-state index contributed by atoms with van der Waals surface area (Å²) >= 11 is 1.30. The molecule has 1 aromatic carbocycles. The molecule has 1 aliphatic heterocycles.